The molecule has 0 radical (unpaired) electrons. The Balaban J connectivity index is 2.18. The molecule has 0 spiro atoms. The van der Waals surface area contributed by atoms with Crippen LogP contribution < -0.4 is 5.32 Å². The van der Waals surface area contributed by atoms with Gasteiger partial charge in [0.1, 0.15) is 5.60 Å². The van der Waals surface area contributed by atoms with Crippen molar-refractivity contribution in [1.82, 2.24) is 5.32 Å². The van der Waals surface area contributed by atoms with Crippen molar-refractivity contribution in [3.8, 4) is 0 Å². The van der Waals surface area contributed by atoms with Gasteiger partial charge in [0.15, 0.2) is 0 Å². The molecule has 0 saturated carbocycles. The largest absolute Gasteiger partial charge is 0.444 e. The van der Waals surface area contributed by atoms with Crippen LogP contribution in [0.2, 0.25) is 0 Å². The number of ether oxygens (including phenoxy) is 1. The smallest absolute Gasteiger partial charge is 0.408 e. The quantitative estimate of drug-likeness (QED) is 0.748. The fourth-order valence-electron chi connectivity index (χ4n) is 2.77. The van der Waals surface area contributed by atoms with E-state index in [1.54, 1.807) is 0 Å². The first-order valence-corrected chi connectivity index (χ1v) is 8.90. The zero-order valence-corrected chi connectivity index (χ0v) is 15.9. The number of rotatable bonds is 5. The molecular weight excluding hydrogens is 310 g/mol. The minimum atomic E-state index is -0.494. The number of carbonyl (C=O) groups is 1. The van der Waals surface area contributed by atoms with Crippen LogP contribution in [-0.4, -0.2) is 17.7 Å². The number of carbonyl (C=O) groups excluding carboxylic acids is 1. The van der Waals surface area contributed by atoms with E-state index in [9.17, 15) is 4.79 Å². The molecule has 0 fully saturated rings. The van der Waals surface area contributed by atoms with Crippen LogP contribution >= 0.6 is 0 Å². The second-order valence-corrected chi connectivity index (χ2v) is 7.81. The van der Waals surface area contributed by atoms with Crippen molar-refractivity contribution in [2.75, 3.05) is 0 Å². The summed E-state index contributed by atoms with van der Waals surface area (Å²) in [5, 5.41) is 5.40. The normalized spacial score (nSPS) is 13.4. The number of hydrogen-bond donors (Lipinski definition) is 1. The maximum Gasteiger partial charge on any atom is 0.408 e. The van der Waals surface area contributed by atoms with Gasteiger partial charge < -0.3 is 10.1 Å². The van der Waals surface area contributed by atoms with Crippen LogP contribution in [0.5, 0.6) is 0 Å². The number of benzene rings is 2. The van der Waals surface area contributed by atoms with Crippen molar-refractivity contribution in [3.05, 3.63) is 54.1 Å². The Morgan fingerprint density at radius 3 is 2.48 bits per heavy atom. The molecule has 0 aliphatic rings. The summed E-state index contributed by atoms with van der Waals surface area (Å²) in [6.07, 6.45) is 4.64. The van der Waals surface area contributed by atoms with E-state index in [0.717, 1.165) is 12.0 Å². The molecule has 3 heteroatoms. The lowest BCUT2D eigenvalue weighted by Gasteiger charge is -2.23. The van der Waals surface area contributed by atoms with Gasteiger partial charge in [0.2, 0.25) is 0 Å². The third-order valence-electron chi connectivity index (χ3n) is 3.76. The minimum Gasteiger partial charge on any atom is -0.444 e. The Hall–Kier alpha value is -2.29. The average Bonchev–Trinajstić information content (AvgIpc) is 2.50. The predicted octanol–water partition coefficient (Wildman–Crippen LogP) is 5.79. The van der Waals surface area contributed by atoms with Crippen LogP contribution in [0.15, 0.2) is 48.5 Å². The van der Waals surface area contributed by atoms with Crippen molar-refractivity contribution in [3.63, 3.8) is 0 Å². The Labute approximate surface area is 151 Å². The summed E-state index contributed by atoms with van der Waals surface area (Å²) in [6.45, 7) is 9.91. The number of nitrogens with one attached hydrogen (secondary N) is 1. The predicted molar refractivity (Wildman–Crippen MR) is 106 cm³/mol. The first-order chi connectivity index (χ1) is 11.7. The van der Waals surface area contributed by atoms with Crippen LogP contribution in [0.4, 0.5) is 4.79 Å². The molecule has 0 aliphatic heterocycles. The molecule has 1 amide bonds. The summed E-state index contributed by atoms with van der Waals surface area (Å²) < 4.78 is 5.39. The fraction of sp³-hybridized carbons (Fsp3) is 0.409. The zero-order valence-electron chi connectivity index (χ0n) is 15.9. The molecule has 2 aromatic rings. The van der Waals surface area contributed by atoms with E-state index in [2.05, 4.69) is 61.6 Å². The van der Waals surface area contributed by atoms with Crippen LogP contribution in [0, 0.1) is 5.92 Å². The first kappa shape index (κ1) is 19.0. The molecule has 0 unspecified atom stereocenters. The van der Waals surface area contributed by atoms with Gasteiger partial charge >= 0.3 is 6.09 Å². The molecule has 1 N–H and O–H groups in total. The molecule has 0 saturated heterocycles. The van der Waals surface area contributed by atoms with E-state index >= 15 is 0 Å². The molecule has 3 nitrogen and oxygen atoms in total. The minimum absolute atomic E-state index is 0.0613. The average molecular weight is 339 g/mol. The highest BCUT2D eigenvalue weighted by atomic mass is 16.6. The molecule has 0 aromatic heterocycles. The molecule has 25 heavy (non-hydrogen) atoms. The zero-order chi connectivity index (χ0) is 18.4. The molecule has 0 bridgehead atoms. The standard InChI is InChI=1S/C22H29NO2/c1-16(2)15-19(23-21(24)25-22(3,4)5)14-13-18-11-8-10-17-9-6-7-12-20(17)18/h6-14,16,19H,15H2,1-5H3,(H,23,24)/b14-13+/t19-/m1/s1. The fourth-order valence-corrected chi connectivity index (χ4v) is 2.77. The van der Waals surface area contributed by atoms with Gasteiger partial charge in [-0.1, -0.05) is 68.5 Å². The highest BCUT2D eigenvalue weighted by molar-refractivity contribution is 5.90. The van der Waals surface area contributed by atoms with E-state index in [-0.39, 0.29) is 12.1 Å². The van der Waals surface area contributed by atoms with Crippen LogP contribution in [0.1, 0.15) is 46.6 Å². The summed E-state index contributed by atoms with van der Waals surface area (Å²) in [5.41, 5.74) is 0.657. The highest BCUT2D eigenvalue weighted by Gasteiger charge is 2.18. The number of amides is 1. The molecule has 134 valence electrons. The third kappa shape index (κ3) is 6.26. The SMILES string of the molecule is CC(C)C[C@@H](/C=C/c1cccc2ccccc12)NC(=O)OC(C)(C)C. The van der Waals surface area contributed by atoms with Crippen LogP contribution in [-0.2, 0) is 4.74 Å². The van der Waals surface area contributed by atoms with Gasteiger partial charge in [0, 0.05) is 0 Å². The van der Waals surface area contributed by atoms with Crippen molar-refractivity contribution >= 4 is 22.9 Å². The van der Waals surface area contributed by atoms with Gasteiger partial charge in [0.05, 0.1) is 6.04 Å². The molecule has 2 rings (SSSR count). The summed E-state index contributed by atoms with van der Waals surface area (Å²) in [7, 11) is 0. The van der Waals surface area contributed by atoms with Crippen molar-refractivity contribution in [2.45, 2.75) is 52.7 Å². The molecule has 2 aromatic carbocycles. The van der Waals surface area contributed by atoms with Gasteiger partial charge in [-0.05, 0) is 49.4 Å². The van der Waals surface area contributed by atoms with Gasteiger partial charge in [-0.3, -0.25) is 0 Å². The summed E-state index contributed by atoms with van der Waals surface area (Å²) in [5.74, 6) is 0.470. The van der Waals surface area contributed by atoms with E-state index in [1.807, 2.05) is 32.9 Å². The van der Waals surface area contributed by atoms with E-state index in [1.165, 1.54) is 10.8 Å². The van der Waals surface area contributed by atoms with Crippen molar-refractivity contribution < 1.29 is 9.53 Å². The van der Waals surface area contributed by atoms with Gasteiger partial charge in [-0.15, -0.1) is 0 Å². The molecular formula is C22H29NO2. The Morgan fingerprint density at radius 1 is 1.12 bits per heavy atom. The Kier molecular flexibility index (Phi) is 6.24. The topological polar surface area (TPSA) is 38.3 Å². The molecule has 0 aliphatic carbocycles. The summed E-state index contributed by atoms with van der Waals surface area (Å²) in [4.78, 5) is 12.1. The Morgan fingerprint density at radius 2 is 1.80 bits per heavy atom. The van der Waals surface area contributed by atoms with E-state index in [0.29, 0.717) is 5.92 Å². The second-order valence-electron chi connectivity index (χ2n) is 7.81. The lowest BCUT2D eigenvalue weighted by molar-refractivity contribution is 0.0510. The third-order valence-corrected chi connectivity index (χ3v) is 3.76. The Bertz CT molecular complexity index is 736. The lowest BCUT2D eigenvalue weighted by Crippen LogP contribution is -2.38. The van der Waals surface area contributed by atoms with E-state index < -0.39 is 5.60 Å². The maximum absolute atomic E-state index is 12.1. The van der Waals surface area contributed by atoms with E-state index in [4.69, 9.17) is 4.74 Å². The van der Waals surface area contributed by atoms with Gasteiger partial charge in [0.25, 0.3) is 0 Å². The monoisotopic (exact) mass is 339 g/mol. The van der Waals surface area contributed by atoms with Crippen molar-refractivity contribution in [1.29, 1.82) is 0 Å². The van der Waals surface area contributed by atoms with Crippen molar-refractivity contribution in [2.24, 2.45) is 5.92 Å². The van der Waals surface area contributed by atoms with Gasteiger partial charge in [-0.2, -0.15) is 0 Å². The number of alkyl carbamates (subject to hydrolysis) is 1. The van der Waals surface area contributed by atoms with Crippen LogP contribution in [0.3, 0.4) is 0 Å². The second kappa shape index (κ2) is 8.19. The van der Waals surface area contributed by atoms with Crippen LogP contribution in [0.25, 0.3) is 16.8 Å². The number of fused-ring (bicyclic) bond motifs is 1. The first-order valence-electron chi connectivity index (χ1n) is 8.90. The summed E-state index contributed by atoms with van der Waals surface area (Å²) >= 11 is 0. The summed E-state index contributed by atoms with van der Waals surface area (Å²) in [6, 6.07) is 14.5. The highest BCUT2D eigenvalue weighted by Crippen LogP contribution is 2.20. The molecule has 1 atom stereocenters. The molecule has 0 heterocycles. The van der Waals surface area contributed by atoms with Gasteiger partial charge in [-0.25, -0.2) is 4.79 Å². The maximum atomic E-state index is 12.1. The number of hydrogen-bond acceptors (Lipinski definition) is 2. The lowest BCUT2D eigenvalue weighted by atomic mass is 10.0.